The van der Waals surface area contributed by atoms with Crippen LogP contribution in [0.25, 0.3) is 0 Å². The van der Waals surface area contributed by atoms with E-state index in [0.717, 1.165) is 27.5 Å². The Morgan fingerprint density at radius 2 is 2.08 bits per heavy atom. The smallest absolute Gasteiger partial charge is 0.148 e. The van der Waals surface area contributed by atoms with E-state index in [1.54, 1.807) is 0 Å². The van der Waals surface area contributed by atoms with E-state index >= 15 is 0 Å². The van der Waals surface area contributed by atoms with Gasteiger partial charge >= 0.3 is 0 Å². The molecule has 0 saturated carbocycles. The predicted molar refractivity (Wildman–Crippen MR) is 63.4 cm³/mol. The third kappa shape index (κ3) is 1.91. The Balaban J connectivity index is 2.33. The molecule has 0 N–H and O–H groups in total. The van der Waals surface area contributed by atoms with E-state index in [1.165, 1.54) is 12.8 Å². The lowest BCUT2D eigenvalue weighted by molar-refractivity contribution is 0.936. The van der Waals surface area contributed by atoms with Crippen LogP contribution in [0, 0.1) is 3.57 Å². The Morgan fingerprint density at radius 1 is 1.38 bits per heavy atom. The van der Waals surface area contributed by atoms with Gasteiger partial charge in [-0.25, -0.2) is 4.98 Å². The summed E-state index contributed by atoms with van der Waals surface area (Å²) in [4.78, 5) is 6.56. The average Bonchev–Trinajstić information content (AvgIpc) is 2.62. The summed E-state index contributed by atoms with van der Waals surface area (Å²) >= 11 is 8.40. The minimum Gasteiger partial charge on any atom is -0.355 e. The van der Waals surface area contributed by atoms with Crippen LogP contribution in [-0.4, -0.2) is 18.1 Å². The van der Waals surface area contributed by atoms with E-state index < -0.39 is 0 Å². The molecule has 2 heterocycles. The van der Waals surface area contributed by atoms with Gasteiger partial charge in [0, 0.05) is 22.9 Å². The van der Waals surface area contributed by atoms with Crippen LogP contribution in [0.2, 0.25) is 5.02 Å². The predicted octanol–water partition coefficient (Wildman–Crippen LogP) is 2.94. The highest BCUT2D eigenvalue weighted by Crippen LogP contribution is 2.29. The van der Waals surface area contributed by atoms with Gasteiger partial charge in [0.05, 0.1) is 5.02 Å². The van der Waals surface area contributed by atoms with E-state index in [1.807, 2.05) is 12.3 Å². The Kier molecular flexibility index (Phi) is 2.93. The van der Waals surface area contributed by atoms with E-state index in [-0.39, 0.29) is 0 Å². The second kappa shape index (κ2) is 4.00. The van der Waals surface area contributed by atoms with Gasteiger partial charge in [0.15, 0.2) is 0 Å². The van der Waals surface area contributed by atoms with Gasteiger partial charge < -0.3 is 4.90 Å². The first-order chi connectivity index (χ1) is 6.29. The molecule has 1 aliphatic heterocycles. The van der Waals surface area contributed by atoms with E-state index in [0.29, 0.717) is 0 Å². The summed E-state index contributed by atoms with van der Waals surface area (Å²) < 4.78 is 1.08. The second-order valence-corrected chi connectivity index (χ2v) is 4.66. The zero-order valence-electron chi connectivity index (χ0n) is 7.13. The molecule has 0 atom stereocenters. The standard InChI is InChI=1S/C9H10ClIN2/c10-8-7(11)3-4-12-9(8)13-5-1-2-6-13/h3-4H,1-2,5-6H2. The Morgan fingerprint density at radius 3 is 2.77 bits per heavy atom. The summed E-state index contributed by atoms with van der Waals surface area (Å²) in [7, 11) is 0. The van der Waals surface area contributed by atoms with Crippen LogP contribution in [0.1, 0.15) is 12.8 Å². The maximum Gasteiger partial charge on any atom is 0.148 e. The molecule has 13 heavy (non-hydrogen) atoms. The van der Waals surface area contributed by atoms with Gasteiger partial charge in [-0.05, 0) is 41.5 Å². The molecule has 0 spiro atoms. The van der Waals surface area contributed by atoms with Gasteiger partial charge in [0.1, 0.15) is 5.82 Å². The maximum absolute atomic E-state index is 6.16. The molecule has 1 aromatic heterocycles. The topological polar surface area (TPSA) is 16.1 Å². The molecule has 1 saturated heterocycles. The van der Waals surface area contributed by atoms with Crippen LogP contribution in [0.3, 0.4) is 0 Å². The van der Waals surface area contributed by atoms with Crippen LogP contribution in [0.15, 0.2) is 12.3 Å². The van der Waals surface area contributed by atoms with Gasteiger partial charge in [-0.15, -0.1) is 0 Å². The van der Waals surface area contributed by atoms with Crippen molar-refractivity contribution in [3.05, 3.63) is 20.9 Å². The summed E-state index contributed by atoms with van der Waals surface area (Å²) in [6.45, 7) is 2.18. The number of rotatable bonds is 1. The first-order valence-electron chi connectivity index (χ1n) is 4.34. The molecular weight excluding hydrogens is 298 g/mol. The molecule has 1 fully saturated rings. The first kappa shape index (κ1) is 9.52. The third-order valence-electron chi connectivity index (χ3n) is 2.23. The highest BCUT2D eigenvalue weighted by molar-refractivity contribution is 14.1. The molecule has 0 bridgehead atoms. The highest BCUT2D eigenvalue weighted by Gasteiger charge is 2.17. The summed E-state index contributed by atoms with van der Waals surface area (Å²) in [6.07, 6.45) is 4.33. The minimum absolute atomic E-state index is 0.796. The van der Waals surface area contributed by atoms with Crippen molar-refractivity contribution in [1.82, 2.24) is 4.98 Å². The quantitative estimate of drug-likeness (QED) is 0.742. The van der Waals surface area contributed by atoms with E-state index in [4.69, 9.17) is 11.6 Å². The number of anilines is 1. The molecule has 0 aromatic carbocycles. The van der Waals surface area contributed by atoms with Gasteiger partial charge in [0.25, 0.3) is 0 Å². The first-order valence-corrected chi connectivity index (χ1v) is 5.79. The zero-order valence-corrected chi connectivity index (χ0v) is 10.0. The lowest BCUT2D eigenvalue weighted by atomic mass is 10.4. The zero-order chi connectivity index (χ0) is 9.26. The fourth-order valence-corrected chi connectivity index (χ4v) is 2.19. The van der Waals surface area contributed by atoms with Crippen LogP contribution in [-0.2, 0) is 0 Å². The van der Waals surface area contributed by atoms with Gasteiger partial charge in [-0.3, -0.25) is 0 Å². The highest BCUT2D eigenvalue weighted by atomic mass is 127. The van der Waals surface area contributed by atoms with Crippen molar-refractivity contribution in [2.75, 3.05) is 18.0 Å². The molecule has 0 radical (unpaired) electrons. The van der Waals surface area contributed by atoms with Crippen molar-refractivity contribution in [2.24, 2.45) is 0 Å². The molecule has 2 nitrogen and oxygen atoms in total. The lowest BCUT2D eigenvalue weighted by Gasteiger charge is -2.17. The summed E-state index contributed by atoms with van der Waals surface area (Å²) in [6, 6.07) is 1.93. The number of aromatic nitrogens is 1. The molecule has 1 aliphatic rings. The minimum atomic E-state index is 0.796. The summed E-state index contributed by atoms with van der Waals surface area (Å²) in [5, 5.41) is 0.796. The second-order valence-electron chi connectivity index (χ2n) is 3.12. The fourth-order valence-electron chi connectivity index (χ4n) is 1.56. The van der Waals surface area contributed by atoms with Gasteiger partial charge in [0.2, 0.25) is 0 Å². The van der Waals surface area contributed by atoms with Crippen LogP contribution < -0.4 is 4.90 Å². The number of pyridine rings is 1. The van der Waals surface area contributed by atoms with Crippen molar-refractivity contribution in [2.45, 2.75) is 12.8 Å². The van der Waals surface area contributed by atoms with Crippen molar-refractivity contribution < 1.29 is 0 Å². The molecule has 2 rings (SSSR count). The molecule has 0 unspecified atom stereocenters. The SMILES string of the molecule is Clc1c(I)ccnc1N1CCCC1. The van der Waals surface area contributed by atoms with Crippen LogP contribution >= 0.6 is 34.2 Å². The Labute approximate surface area is 96.4 Å². The van der Waals surface area contributed by atoms with E-state index in [2.05, 4.69) is 32.5 Å². The van der Waals surface area contributed by atoms with Crippen molar-refractivity contribution in [3.8, 4) is 0 Å². The fraction of sp³-hybridized carbons (Fsp3) is 0.444. The molecule has 1 aromatic rings. The number of hydrogen-bond acceptors (Lipinski definition) is 2. The lowest BCUT2D eigenvalue weighted by Crippen LogP contribution is -2.19. The van der Waals surface area contributed by atoms with Crippen molar-refractivity contribution >= 4 is 40.0 Å². The Hall–Kier alpha value is -0.0300. The summed E-state index contributed by atoms with van der Waals surface area (Å²) in [5.74, 6) is 0.950. The average molecular weight is 309 g/mol. The van der Waals surface area contributed by atoms with Crippen molar-refractivity contribution in [1.29, 1.82) is 0 Å². The number of nitrogens with zero attached hydrogens (tertiary/aromatic N) is 2. The monoisotopic (exact) mass is 308 g/mol. The molecule has 0 amide bonds. The third-order valence-corrected chi connectivity index (χ3v) is 3.82. The summed E-state index contributed by atoms with van der Waals surface area (Å²) in [5.41, 5.74) is 0. The maximum atomic E-state index is 6.16. The largest absolute Gasteiger partial charge is 0.355 e. The normalized spacial score (nSPS) is 16.6. The number of hydrogen-bond donors (Lipinski definition) is 0. The molecule has 4 heteroatoms. The molecular formula is C9H10ClIN2. The Bertz CT molecular complexity index is 310. The van der Waals surface area contributed by atoms with Crippen LogP contribution in [0.4, 0.5) is 5.82 Å². The van der Waals surface area contributed by atoms with Gasteiger partial charge in [-0.1, -0.05) is 11.6 Å². The molecule has 70 valence electrons. The molecule has 0 aliphatic carbocycles. The van der Waals surface area contributed by atoms with E-state index in [9.17, 15) is 0 Å². The van der Waals surface area contributed by atoms with Crippen molar-refractivity contribution in [3.63, 3.8) is 0 Å². The van der Waals surface area contributed by atoms with Crippen LogP contribution in [0.5, 0.6) is 0 Å². The van der Waals surface area contributed by atoms with Gasteiger partial charge in [-0.2, -0.15) is 0 Å². The number of halogens is 2.